The molecular weight excluding hydrogens is 310 g/mol. The second kappa shape index (κ2) is 9.54. The average Bonchev–Trinajstić information content (AvgIpc) is 2.65. The molecule has 0 fully saturated rings. The lowest BCUT2D eigenvalue weighted by molar-refractivity contribution is -0.122. The smallest absolute Gasteiger partial charge is 0.227 e. The summed E-state index contributed by atoms with van der Waals surface area (Å²) in [7, 11) is 0. The third kappa shape index (κ3) is 5.69. The fourth-order valence-electron chi connectivity index (χ4n) is 2.33. The third-order valence-corrected chi connectivity index (χ3v) is 3.83. The Morgan fingerprint density at radius 2 is 1.56 bits per heavy atom. The van der Waals surface area contributed by atoms with Crippen LogP contribution in [0.3, 0.4) is 0 Å². The molecule has 1 unspecified atom stereocenters. The maximum Gasteiger partial charge on any atom is 0.227 e. The van der Waals surface area contributed by atoms with E-state index in [2.05, 4.69) is 24.1 Å². The van der Waals surface area contributed by atoms with Gasteiger partial charge in [-0.15, -0.1) is 0 Å². The predicted octanol–water partition coefficient (Wildman–Crippen LogP) is 4.11. The molecular formula is C22H25NO2. The lowest BCUT2D eigenvalue weighted by Crippen LogP contribution is -2.27. The Morgan fingerprint density at radius 3 is 2.08 bits per heavy atom. The number of rotatable bonds is 6. The monoisotopic (exact) mass is 335 g/mol. The number of hydrogen-bond donors (Lipinski definition) is 1. The van der Waals surface area contributed by atoms with E-state index in [4.69, 9.17) is 4.74 Å². The Kier molecular flexibility index (Phi) is 7.10. The zero-order chi connectivity index (χ0) is 18.1. The molecule has 0 spiro atoms. The fraction of sp³-hybridized carbons (Fsp3) is 0.318. The van der Waals surface area contributed by atoms with Gasteiger partial charge in [-0.2, -0.15) is 0 Å². The molecule has 2 aromatic carbocycles. The molecule has 0 saturated carbocycles. The van der Waals surface area contributed by atoms with Crippen LogP contribution in [0.2, 0.25) is 0 Å². The van der Waals surface area contributed by atoms with Crippen LogP contribution in [0.25, 0.3) is 0 Å². The molecule has 3 nitrogen and oxygen atoms in total. The molecule has 0 radical (unpaired) electrons. The summed E-state index contributed by atoms with van der Waals surface area (Å²) in [5, 5.41) is 2.85. The molecule has 130 valence electrons. The molecule has 3 heteroatoms. The second-order valence-corrected chi connectivity index (χ2v) is 5.86. The third-order valence-electron chi connectivity index (χ3n) is 3.83. The first-order valence-electron chi connectivity index (χ1n) is 8.76. The van der Waals surface area contributed by atoms with Crippen LogP contribution in [-0.4, -0.2) is 19.1 Å². The van der Waals surface area contributed by atoms with E-state index in [9.17, 15) is 4.79 Å². The maximum atomic E-state index is 11.9. The number of carbonyl (C=O) groups is 1. The summed E-state index contributed by atoms with van der Waals surface area (Å²) in [6, 6.07) is 15.6. The van der Waals surface area contributed by atoms with Crippen LogP contribution in [0.15, 0.2) is 48.5 Å². The SMILES string of the molecule is CCCOc1ccc(C#Cc2ccc(C(C)C(=O)NCC)cc2)cc1. The van der Waals surface area contributed by atoms with E-state index in [1.165, 1.54) is 0 Å². The minimum atomic E-state index is -0.155. The van der Waals surface area contributed by atoms with E-state index in [0.29, 0.717) is 6.54 Å². The number of benzene rings is 2. The van der Waals surface area contributed by atoms with Crippen LogP contribution < -0.4 is 10.1 Å². The second-order valence-electron chi connectivity index (χ2n) is 5.86. The van der Waals surface area contributed by atoms with Crippen molar-refractivity contribution in [3.8, 4) is 17.6 Å². The molecule has 0 aliphatic heterocycles. The number of likely N-dealkylation sites (N-methyl/N-ethyl adjacent to an activating group) is 1. The van der Waals surface area contributed by atoms with Crippen LogP contribution in [0, 0.1) is 11.8 Å². The topological polar surface area (TPSA) is 38.3 Å². The van der Waals surface area contributed by atoms with Crippen molar-refractivity contribution < 1.29 is 9.53 Å². The van der Waals surface area contributed by atoms with Gasteiger partial charge in [0.15, 0.2) is 0 Å². The number of carbonyl (C=O) groups excluding carboxylic acids is 1. The van der Waals surface area contributed by atoms with Crippen molar-refractivity contribution in [1.82, 2.24) is 5.32 Å². The van der Waals surface area contributed by atoms with E-state index in [0.717, 1.165) is 35.5 Å². The van der Waals surface area contributed by atoms with E-state index >= 15 is 0 Å². The van der Waals surface area contributed by atoms with Gasteiger partial charge < -0.3 is 10.1 Å². The molecule has 0 aliphatic carbocycles. The maximum absolute atomic E-state index is 11.9. The van der Waals surface area contributed by atoms with Gasteiger partial charge >= 0.3 is 0 Å². The molecule has 1 atom stereocenters. The first kappa shape index (κ1) is 18.6. The van der Waals surface area contributed by atoms with Crippen molar-refractivity contribution >= 4 is 5.91 Å². The fourth-order valence-corrected chi connectivity index (χ4v) is 2.33. The van der Waals surface area contributed by atoms with Gasteiger partial charge in [-0.05, 0) is 62.2 Å². The van der Waals surface area contributed by atoms with Gasteiger partial charge in [-0.25, -0.2) is 0 Å². The Balaban J connectivity index is 2.02. The van der Waals surface area contributed by atoms with Crippen LogP contribution in [0.4, 0.5) is 0 Å². The standard InChI is InChI=1S/C22H25NO2/c1-4-16-25-21-14-10-19(11-15-21)7-6-18-8-12-20(13-9-18)17(3)22(24)23-5-2/h8-15,17H,4-5,16H2,1-3H3,(H,23,24). The molecule has 1 amide bonds. The predicted molar refractivity (Wildman–Crippen MR) is 102 cm³/mol. The molecule has 0 heterocycles. The highest BCUT2D eigenvalue weighted by atomic mass is 16.5. The highest BCUT2D eigenvalue weighted by Crippen LogP contribution is 2.16. The molecule has 0 aromatic heterocycles. The molecule has 2 aromatic rings. The summed E-state index contributed by atoms with van der Waals surface area (Å²) >= 11 is 0. The summed E-state index contributed by atoms with van der Waals surface area (Å²) in [6.45, 7) is 7.29. The Labute approximate surface area is 150 Å². The average molecular weight is 335 g/mol. The van der Waals surface area contributed by atoms with Crippen molar-refractivity contribution in [2.75, 3.05) is 13.2 Å². The molecule has 0 aliphatic rings. The van der Waals surface area contributed by atoms with Crippen molar-refractivity contribution in [3.05, 3.63) is 65.2 Å². The van der Waals surface area contributed by atoms with Crippen LogP contribution in [0.5, 0.6) is 5.75 Å². The highest BCUT2D eigenvalue weighted by molar-refractivity contribution is 5.83. The van der Waals surface area contributed by atoms with E-state index in [1.54, 1.807) is 0 Å². The first-order chi connectivity index (χ1) is 12.1. The summed E-state index contributed by atoms with van der Waals surface area (Å²) in [6.07, 6.45) is 0.996. The molecule has 2 rings (SSSR count). The summed E-state index contributed by atoms with van der Waals surface area (Å²) in [5.41, 5.74) is 2.87. The van der Waals surface area contributed by atoms with Crippen LogP contribution >= 0.6 is 0 Å². The van der Waals surface area contributed by atoms with Crippen LogP contribution in [-0.2, 0) is 4.79 Å². The number of ether oxygens (including phenoxy) is 1. The van der Waals surface area contributed by atoms with Gasteiger partial charge in [0.2, 0.25) is 5.91 Å². The van der Waals surface area contributed by atoms with Gasteiger partial charge in [-0.1, -0.05) is 30.9 Å². The Morgan fingerprint density at radius 1 is 1.00 bits per heavy atom. The van der Waals surface area contributed by atoms with E-state index in [-0.39, 0.29) is 11.8 Å². The Bertz CT molecular complexity index is 736. The largest absolute Gasteiger partial charge is 0.494 e. The van der Waals surface area contributed by atoms with Gasteiger partial charge in [0.05, 0.1) is 12.5 Å². The Hall–Kier alpha value is -2.73. The summed E-state index contributed by atoms with van der Waals surface area (Å²) in [5.74, 6) is 7.07. The number of amides is 1. The number of hydrogen-bond acceptors (Lipinski definition) is 2. The summed E-state index contributed by atoms with van der Waals surface area (Å²) < 4.78 is 5.56. The molecule has 1 N–H and O–H groups in total. The molecule has 25 heavy (non-hydrogen) atoms. The zero-order valence-corrected chi connectivity index (χ0v) is 15.1. The van der Waals surface area contributed by atoms with E-state index < -0.39 is 0 Å². The lowest BCUT2D eigenvalue weighted by Gasteiger charge is -2.11. The quantitative estimate of drug-likeness (QED) is 0.807. The normalized spacial score (nSPS) is 11.2. The van der Waals surface area contributed by atoms with Gasteiger partial charge in [0.25, 0.3) is 0 Å². The minimum absolute atomic E-state index is 0.0479. The van der Waals surface area contributed by atoms with Crippen molar-refractivity contribution in [2.24, 2.45) is 0 Å². The minimum Gasteiger partial charge on any atom is -0.494 e. The zero-order valence-electron chi connectivity index (χ0n) is 15.1. The number of nitrogens with one attached hydrogen (secondary N) is 1. The lowest BCUT2D eigenvalue weighted by atomic mass is 9.99. The van der Waals surface area contributed by atoms with Gasteiger partial charge in [0.1, 0.15) is 5.75 Å². The molecule has 0 bridgehead atoms. The van der Waals surface area contributed by atoms with E-state index in [1.807, 2.05) is 62.4 Å². The van der Waals surface area contributed by atoms with Gasteiger partial charge in [-0.3, -0.25) is 4.79 Å². The molecule has 0 saturated heterocycles. The van der Waals surface area contributed by atoms with Crippen LogP contribution in [0.1, 0.15) is 49.8 Å². The van der Waals surface area contributed by atoms with Crippen molar-refractivity contribution in [3.63, 3.8) is 0 Å². The van der Waals surface area contributed by atoms with Crippen molar-refractivity contribution in [1.29, 1.82) is 0 Å². The highest BCUT2D eigenvalue weighted by Gasteiger charge is 2.13. The summed E-state index contributed by atoms with van der Waals surface area (Å²) in [4.78, 5) is 11.9. The van der Waals surface area contributed by atoms with Crippen molar-refractivity contribution in [2.45, 2.75) is 33.1 Å². The van der Waals surface area contributed by atoms with Gasteiger partial charge in [0, 0.05) is 17.7 Å². The first-order valence-corrected chi connectivity index (χ1v) is 8.76.